The van der Waals surface area contributed by atoms with Crippen LogP contribution in [0.4, 0.5) is 4.79 Å². The Morgan fingerprint density at radius 1 is 1.19 bits per heavy atom. The number of urea groups is 1. The van der Waals surface area contributed by atoms with Gasteiger partial charge >= 0.3 is 12.0 Å². The average molecular weight is 297 g/mol. The van der Waals surface area contributed by atoms with Gasteiger partial charge in [-0.3, -0.25) is 4.79 Å². The molecule has 2 amide bonds. The summed E-state index contributed by atoms with van der Waals surface area (Å²) in [5, 5.41) is 12.0. The van der Waals surface area contributed by atoms with Gasteiger partial charge in [-0.2, -0.15) is 0 Å². The van der Waals surface area contributed by atoms with Crippen LogP contribution in [-0.4, -0.2) is 65.2 Å². The van der Waals surface area contributed by atoms with E-state index in [-0.39, 0.29) is 24.5 Å². The maximum absolute atomic E-state index is 12.4. The first kappa shape index (κ1) is 16.1. The lowest BCUT2D eigenvalue weighted by atomic mass is 10.00. The molecular weight excluding hydrogens is 270 g/mol. The molecule has 0 aliphatic carbocycles. The highest BCUT2D eigenvalue weighted by molar-refractivity contribution is 5.76. The third kappa shape index (κ3) is 4.88. The van der Waals surface area contributed by atoms with Crippen molar-refractivity contribution in [1.82, 2.24) is 15.1 Å². The quantitative estimate of drug-likeness (QED) is 0.807. The summed E-state index contributed by atoms with van der Waals surface area (Å²) >= 11 is 0. The van der Waals surface area contributed by atoms with Crippen LogP contribution in [0.25, 0.3) is 0 Å². The number of nitrogens with zero attached hydrogens (tertiary/aromatic N) is 2. The molecule has 0 bridgehead atoms. The SMILES string of the molecule is CC(CN1CCCC1)NC(=O)N1CCCCC1CC(=O)O. The van der Waals surface area contributed by atoms with Gasteiger partial charge in [0.25, 0.3) is 0 Å². The molecule has 2 atom stereocenters. The fraction of sp³-hybridized carbons (Fsp3) is 0.867. The summed E-state index contributed by atoms with van der Waals surface area (Å²) in [4.78, 5) is 27.4. The zero-order valence-electron chi connectivity index (χ0n) is 12.9. The van der Waals surface area contributed by atoms with Crippen molar-refractivity contribution in [2.75, 3.05) is 26.2 Å². The molecule has 0 aromatic rings. The van der Waals surface area contributed by atoms with Crippen LogP contribution in [-0.2, 0) is 4.79 Å². The Kier molecular flexibility index (Phi) is 5.85. The van der Waals surface area contributed by atoms with Gasteiger partial charge < -0.3 is 20.2 Å². The first-order chi connectivity index (χ1) is 10.1. The Hall–Kier alpha value is -1.30. The predicted molar refractivity (Wildman–Crippen MR) is 80.3 cm³/mol. The normalized spacial score (nSPS) is 24.8. The van der Waals surface area contributed by atoms with E-state index in [1.165, 1.54) is 12.8 Å². The number of carbonyl (C=O) groups is 2. The number of amides is 2. The number of piperidine rings is 1. The van der Waals surface area contributed by atoms with Gasteiger partial charge in [-0.25, -0.2) is 4.79 Å². The Morgan fingerprint density at radius 2 is 1.86 bits per heavy atom. The lowest BCUT2D eigenvalue weighted by Gasteiger charge is -2.36. The van der Waals surface area contributed by atoms with Crippen LogP contribution in [0.2, 0.25) is 0 Å². The second kappa shape index (κ2) is 7.64. The van der Waals surface area contributed by atoms with Crippen LogP contribution in [0.15, 0.2) is 0 Å². The fourth-order valence-electron chi connectivity index (χ4n) is 3.37. The monoisotopic (exact) mass is 297 g/mol. The van der Waals surface area contributed by atoms with Crippen LogP contribution >= 0.6 is 0 Å². The van der Waals surface area contributed by atoms with Crippen molar-refractivity contribution in [1.29, 1.82) is 0 Å². The van der Waals surface area contributed by atoms with E-state index >= 15 is 0 Å². The smallest absolute Gasteiger partial charge is 0.317 e. The maximum Gasteiger partial charge on any atom is 0.317 e. The highest BCUT2D eigenvalue weighted by Crippen LogP contribution is 2.20. The number of nitrogens with one attached hydrogen (secondary N) is 1. The van der Waals surface area contributed by atoms with Crippen LogP contribution in [0, 0.1) is 0 Å². The molecular formula is C15H27N3O3. The van der Waals surface area contributed by atoms with Gasteiger partial charge in [0.15, 0.2) is 0 Å². The summed E-state index contributed by atoms with van der Waals surface area (Å²) in [7, 11) is 0. The predicted octanol–water partition coefficient (Wildman–Crippen LogP) is 1.51. The summed E-state index contributed by atoms with van der Waals surface area (Å²) in [5.74, 6) is -0.829. The molecule has 2 N–H and O–H groups in total. The minimum absolute atomic E-state index is 0.0495. The number of likely N-dealkylation sites (tertiary alicyclic amines) is 2. The van der Waals surface area contributed by atoms with Gasteiger partial charge in [0.2, 0.25) is 0 Å². The second-order valence-corrected chi connectivity index (χ2v) is 6.30. The van der Waals surface area contributed by atoms with Gasteiger partial charge in [-0.15, -0.1) is 0 Å². The van der Waals surface area contributed by atoms with Crippen molar-refractivity contribution < 1.29 is 14.7 Å². The minimum atomic E-state index is -0.829. The van der Waals surface area contributed by atoms with Gasteiger partial charge in [-0.05, 0) is 52.1 Å². The average Bonchev–Trinajstić information content (AvgIpc) is 2.91. The lowest BCUT2D eigenvalue weighted by Crippen LogP contribution is -2.53. The second-order valence-electron chi connectivity index (χ2n) is 6.30. The maximum atomic E-state index is 12.4. The molecule has 0 spiro atoms. The molecule has 0 radical (unpaired) electrons. The largest absolute Gasteiger partial charge is 0.481 e. The standard InChI is InChI=1S/C15H27N3O3/c1-12(11-17-7-4-5-8-17)16-15(21)18-9-3-2-6-13(18)10-14(19)20/h12-13H,2-11H2,1H3,(H,16,21)(H,19,20). The number of rotatable bonds is 5. The van der Waals surface area contributed by atoms with Gasteiger partial charge in [0.05, 0.1) is 6.42 Å². The van der Waals surface area contributed by atoms with Crippen LogP contribution in [0.3, 0.4) is 0 Å². The topological polar surface area (TPSA) is 72.9 Å². The van der Waals surface area contributed by atoms with Gasteiger partial charge in [0, 0.05) is 25.2 Å². The number of aliphatic carboxylic acids is 1. The highest BCUT2D eigenvalue weighted by Gasteiger charge is 2.29. The molecule has 2 aliphatic heterocycles. The van der Waals surface area contributed by atoms with E-state index in [0.29, 0.717) is 6.54 Å². The van der Waals surface area contributed by atoms with Crippen molar-refractivity contribution in [2.24, 2.45) is 0 Å². The highest BCUT2D eigenvalue weighted by atomic mass is 16.4. The third-order valence-electron chi connectivity index (χ3n) is 4.40. The van der Waals surface area contributed by atoms with Gasteiger partial charge in [-0.1, -0.05) is 0 Å². The summed E-state index contributed by atoms with van der Waals surface area (Å²) in [6.07, 6.45) is 5.30. The molecule has 2 heterocycles. The van der Waals surface area contributed by atoms with Crippen LogP contribution < -0.4 is 5.32 Å². The van der Waals surface area contributed by atoms with Gasteiger partial charge in [0.1, 0.15) is 0 Å². The molecule has 6 nitrogen and oxygen atoms in total. The molecule has 0 saturated carbocycles. The molecule has 0 aromatic heterocycles. The Morgan fingerprint density at radius 3 is 2.52 bits per heavy atom. The molecule has 2 fully saturated rings. The van der Waals surface area contributed by atoms with E-state index in [4.69, 9.17) is 5.11 Å². The molecule has 2 unspecified atom stereocenters. The van der Waals surface area contributed by atoms with E-state index in [0.717, 1.165) is 38.9 Å². The molecule has 2 saturated heterocycles. The van der Waals surface area contributed by atoms with Crippen molar-refractivity contribution in [3.05, 3.63) is 0 Å². The first-order valence-electron chi connectivity index (χ1n) is 8.07. The van der Waals surface area contributed by atoms with Crippen LogP contribution in [0.5, 0.6) is 0 Å². The Bertz CT molecular complexity index is 369. The summed E-state index contributed by atoms with van der Waals surface area (Å²) in [5.41, 5.74) is 0. The Labute approximate surface area is 126 Å². The summed E-state index contributed by atoms with van der Waals surface area (Å²) in [6.45, 7) is 5.80. The fourth-order valence-corrected chi connectivity index (χ4v) is 3.37. The van der Waals surface area contributed by atoms with Crippen molar-refractivity contribution in [3.8, 4) is 0 Å². The molecule has 2 aliphatic rings. The number of hydrogen-bond donors (Lipinski definition) is 2. The van der Waals surface area contributed by atoms with Crippen molar-refractivity contribution in [2.45, 2.75) is 57.5 Å². The molecule has 0 aromatic carbocycles. The number of hydrogen-bond acceptors (Lipinski definition) is 3. The number of carboxylic acids is 1. The molecule has 6 heteroatoms. The molecule has 21 heavy (non-hydrogen) atoms. The molecule has 120 valence electrons. The minimum Gasteiger partial charge on any atom is -0.481 e. The summed E-state index contributed by atoms with van der Waals surface area (Å²) < 4.78 is 0. The van der Waals surface area contributed by atoms with E-state index < -0.39 is 5.97 Å². The van der Waals surface area contributed by atoms with Crippen LogP contribution in [0.1, 0.15) is 45.4 Å². The van der Waals surface area contributed by atoms with Crippen molar-refractivity contribution >= 4 is 12.0 Å². The lowest BCUT2D eigenvalue weighted by molar-refractivity contribution is -0.138. The number of carbonyl (C=O) groups excluding carboxylic acids is 1. The Balaban J connectivity index is 1.82. The first-order valence-corrected chi connectivity index (χ1v) is 8.07. The third-order valence-corrected chi connectivity index (χ3v) is 4.40. The van der Waals surface area contributed by atoms with E-state index in [1.807, 2.05) is 6.92 Å². The number of carboxylic acid groups (broad SMARTS) is 1. The summed E-state index contributed by atoms with van der Waals surface area (Å²) in [6, 6.07) is -0.161. The molecule has 2 rings (SSSR count). The zero-order valence-corrected chi connectivity index (χ0v) is 12.9. The van der Waals surface area contributed by atoms with E-state index in [2.05, 4.69) is 10.2 Å². The van der Waals surface area contributed by atoms with E-state index in [9.17, 15) is 9.59 Å². The van der Waals surface area contributed by atoms with Crippen molar-refractivity contribution in [3.63, 3.8) is 0 Å². The van der Waals surface area contributed by atoms with E-state index in [1.54, 1.807) is 4.90 Å². The zero-order chi connectivity index (χ0) is 15.2.